The molecule has 0 amide bonds. The van der Waals surface area contributed by atoms with Crippen molar-refractivity contribution in [2.45, 2.75) is 13.5 Å². The van der Waals surface area contributed by atoms with Crippen LogP contribution in [-0.2, 0) is 6.54 Å². The highest BCUT2D eigenvalue weighted by Gasteiger charge is 2.15. The summed E-state index contributed by atoms with van der Waals surface area (Å²) < 4.78 is 12.3. The van der Waals surface area contributed by atoms with Gasteiger partial charge in [-0.2, -0.15) is 0 Å². The van der Waals surface area contributed by atoms with E-state index < -0.39 is 0 Å². The Balaban J connectivity index is 1.77. The molecule has 0 aliphatic carbocycles. The molecular formula is C17H11Cl2N3O3. The second kappa shape index (κ2) is 6.06. The van der Waals surface area contributed by atoms with Gasteiger partial charge in [-0.25, -0.2) is 9.97 Å². The van der Waals surface area contributed by atoms with Gasteiger partial charge in [0.15, 0.2) is 5.76 Å². The molecule has 0 bridgehead atoms. The molecule has 0 aliphatic rings. The average molecular weight is 376 g/mol. The van der Waals surface area contributed by atoms with Crippen LogP contribution in [0.25, 0.3) is 22.6 Å². The van der Waals surface area contributed by atoms with Crippen molar-refractivity contribution in [2.75, 3.05) is 0 Å². The molecule has 4 aromatic rings. The fourth-order valence-corrected chi connectivity index (χ4v) is 3.09. The quantitative estimate of drug-likeness (QED) is 0.533. The third kappa shape index (κ3) is 2.83. The van der Waals surface area contributed by atoms with Gasteiger partial charge in [-0.15, -0.1) is 0 Å². The Bertz CT molecular complexity index is 1130. The van der Waals surface area contributed by atoms with E-state index in [1.165, 1.54) is 10.9 Å². The summed E-state index contributed by atoms with van der Waals surface area (Å²) in [6.07, 6.45) is 2.98. The number of aryl methyl sites for hydroxylation is 1. The molecule has 0 spiro atoms. The largest absolute Gasteiger partial charge is 0.459 e. The molecule has 4 rings (SSSR count). The van der Waals surface area contributed by atoms with Gasteiger partial charge in [0.25, 0.3) is 11.4 Å². The van der Waals surface area contributed by atoms with Crippen LogP contribution in [0.4, 0.5) is 0 Å². The van der Waals surface area contributed by atoms with Crippen molar-refractivity contribution in [1.82, 2.24) is 14.5 Å². The van der Waals surface area contributed by atoms with Crippen molar-refractivity contribution < 1.29 is 8.83 Å². The summed E-state index contributed by atoms with van der Waals surface area (Å²) >= 11 is 12.1. The second-order valence-electron chi connectivity index (χ2n) is 5.46. The van der Waals surface area contributed by atoms with Crippen LogP contribution in [0.15, 0.2) is 50.5 Å². The number of oxazole rings is 1. The summed E-state index contributed by atoms with van der Waals surface area (Å²) in [5, 5.41) is 1.07. The van der Waals surface area contributed by atoms with Crippen molar-refractivity contribution in [3.63, 3.8) is 0 Å². The highest BCUT2D eigenvalue weighted by molar-refractivity contribution is 6.38. The molecular weight excluding hydrogens is 365 g/mol. The molecule has 3 heterocycles. The summed E-state index contributed by atoms with van der Waals surface area (Å²) in [5.74, 6) is 1.49. The molecule has 25 heavy (non-hydrogen) atoms. The minimum Gasteiger partial charge on any atom is -0.459 e. The average Bonchev–Trinajstić information content (AvgIpc) is 3.21. The van der Waals surface area contributed by atoms with E-state index in [0.29, 0.717) is 44.1 Å². The molecule has 0 saturated heterocycles. The van der Waals surface area contributed by atoms with Crippen LogP contribution in [0.5, 0.6) is 0 Å². The van der Waals surface area contributed by atoms with Gasteiger partial charge in [-0.05, 0) is 31.2 Å². The number of fused-ring (bicyclic) bond motifs is 1. The first-order chi connectivity index (χ1) is 12.0. The third-order valence-corrected chi connectivity index (χ3v) is 4.30. The number of nitrogens with zero attached hydrogens (tertiary/aromatic N) is 3. The van der Waals surface area contributed by atoms with Crippen LogP contribution in [0.1, 0.15) is 11.5 Å². The van der Waals surface area contributed by atoms with Gasteiger partial charge in [0.1, 0.15) is 11.5 Å². The molecule has 0 atom stereocenters. The Labute approximate surface area is 151 Å². The van der Waals surface area contributed by atoms with E-state index in [1.54, 1.807) is 37.5 Å². The van der Waals surface area contributed by atoms with Gasteiger partial charge in [-0.1, -0.05) is 23.2 Å². The molecule has 1 aromatic carbocycles. The first-order valence-corrected chi connectivity index (χ1v) is 8.13. The molecule has 6 nitrogen and oxygen atoms in total. The monoisotopic (exact) mass is 375 g/mol. The van der Waals surface area contributed by atoms with Gasteiger partial charge < -0.3 is 8.83 Å². The van der Waals surface area contributed by atoms with Crippen LogP contribution in [0, 0.1) is 6.92 Å². The molecule has 0 aliphatic heterocycles. The van der Waals surface area contributed by atoms with Crippen molar-refractivity contribution in [3.8, 4) is 11.7 Å². The van der Waals surface area contributed by atoms with Crippen molar-refractivity contribution in [3.05, 3.63) is 68.7 Å². The number of benzene rings is 1. The maximum atomic E-state index is 12.7. The van der Waals surface area contributed by atoms with Crippen LogP contribution < -0.4 is 5.56 Å². The Morgan fingerprint density at radius 3 is 2.88 bits per heavy atom. The van der Waals surface area contributed by atoms with Gasteiger partial charge in [0.2, 0.25) is 0 Å². The topological polar surface area (TPSA) is 74.1 Å². The Morgan fingerprint density at radius 1 is 1.28 bits per heavy atom. The number of furan rings is 1. The summed E-state index contributed by atoms with van der Waals surface area (Å²) in [6, 6.07) is 6.61. The molecule has 8 heteroatoms. The van der Waals surface area contributed by atoms with Crippen LogP contribution in [0.3, 0.4) is 0 Å². The van der Waals surface area contributed by atoms with E-state index in [1.807, 2.05) is 0 Å². The molecule has 0 unspecified atom stereocenters. The number of hydrogen-bond donors (Lipinski definition) is 0. The van der Waals surface area contributed by atoms with Crippen LogP contribution in [-0.4, -0.2) is 14.5 Å². The maximum Gasteiger partial charge on any atom is 0.263 e. The highest BCUT2D eigenvalue weighted by atomic mass is 35.5. The van der Waals surface area contributed by atoms with E-state index in [4.69, 9.17) is 32.0 Å². The zero-order valence-corrected chi connectivity index (χ0v) is 14.5. The lowest BCUT2D eigenvalue weighted by Gasteiger charge is -2.06. The first-order valence-electron chi connectivity index (χ1n) is 7.37. The minimum atomic E-state index is -0.253. The fraction of sp³-hybridized carbons (Fsp3) is 0.118. The number of hydrogen-bond acceptors (Lipinski definition) is 5. The maximum absolute atomic E-state index is 12.7. The van der Waals surface area contributed by atoms with Gasteiger partial charge >= 0.3 is 0 Å². The normalized spacial score (nSPS) is 11.3. The van der Waals surface area contributed by atoms with Gasteiger partial charge in [0.05, 0.1) is 35.1 Å². The van der Waals surface area contributed by atoms with Crippen molar-refractivity contribution in [2.24, 2.45) is 0 Å². The number of rotatable bonds is 3. The van der Waals surface area contributed by atoms with E-state index >= 15 is 0 Å². The zero-order valence-electron chi connectivity index (χ0n) is 13.0. The van der Waals surface area contributed by atoms with E-state index in [0.717, 1.165) is 0 Å². The summed E-state index contributed by atoms with van der Waals surface area (Å²) in [4.78, 5) is 21.4. The predicted molar refractivity (Wildman–Crippen MR) is 94.1 cm³/mol. The third-order valence-electron chi connectivity index (χ3n) is 3.79. The summed E-state index contributed by atoms with van der Waals surface area (Å²) in [5.41, 5.74) is 0.777. The standard InChI is InChI=1S/C17H11Cl2N3O3/c1-9-13(21-16(25-9)14-3-2-4-24-14)7-22-8-20-15-11(17(22)23)5-10(18)6-12(15)19/h2-6,8H,7H2,1H3. The van der Waals surface area contributed by atoms with Crippen molar-refractivity contribution >= 4 is 34.1 Å². The summed E-state index contributed by atoms with van der Waals surface area (Å²) in [7, 11) is 0. The SMILES string of the molecule is Cc1oc(-c2ccco2)nc1Cn1cnc2c(Cl)cc(Cl)cc2c1=O. The zero-order chi connectivity index (χ0) is 17.6. The van der Waals surface area contributed by atoms with Crippen LogP contribution >= 0.6 is 23.2 Å². The lowest BCUT2D eigenvalue weighted by molar-refractivity contribution is 0.499. The predicted octanol–water partition coefficient (Wildman–Crippen LogP) is 4.31. The number of aromatic nitrogens is 3. The minimum absolute atomic E-state index is 0.210. The van der Waals surface area contributed by atoms with E-state index in [9.17, 15) is 4.79 Å². The summed E-state index contributed by atoms with van der Waals surface area (Å²) in [6.45, 7) is 1.99. The van der Waals surface area contributed by atoms with Crippen LogP contribution in [0.2, 0.25) is 10.0 Å². The molecule has 0 radical (unpaired) electrons. The molecule has 126 valence electrons. The van der Waals surface area contributed by atoms with Crippen molar-refractivity contribution in [1.29, 1.82) is 0 Å². The molecule has 0 fully saturated rings. The van der Waals surface area contributed by atoms with Gasteiger partial charge in [0, 0.05) is 5.02 Å². The van der Waals surface area contributed by atoms with Gasteiger partial charge in [-0.3, -0.25) is 9.36 Å². The Kier molecular flexibility index (Phi) is 3.86. The first kappa shape index (κ1) is 15.9. The Morgan fingerprint density at radius 2 is 2.12 bits per heavy atom. The molecule has 3 aromatic heterocycles. The highest BCUT2D eigenvalue weighted by Crippen LogP contribution is 2.25. The lowest BCUT2D eigenvalue weighted by atomic mass is 10.2. The van der Waals surface area contributed by atoms with E-state index in [2.05, 4.69) is 9.97 Å². The molecule has 0 N–H and O–H groups in total. The smallest absolute Gasteiger partial charge is 0.263 e. The fourth-order valence-electron chi connectivity index (χ4n) is 2.55. The second-order valence-corrected chi connectivity index (χ2v) is 6.30. The Hall–Kier alpha value is -2.57. The molecule has 0 saturated carbocycles. The van der Waals surface area contributed by atoms with E-state index in [-0.39, 0.29) is 12.1 Å². The number of halogens is 2. The lowest BCUT2D eigenvalue weighted by Crippen LogP contribution is -2.21.